The van der Waals surface area contributed by atoms with Crippen LogP contribution in [-0.2, 0) is 0 Å². The van der Waals surface area contributed by atoms with E-state index in [2.05, 4.69) is 191 Å². The van der Waals surface area contributed by atoms with Gasteiger partial charge in [0.2, 0.25) is 0 Å². The zero-order valence-corrected chi connectivity index (χ0v) is 28.4. The predicted molar refractivity (Wildman–Crippen MR) is 221 cm³/mol. The molecule has 0 spiro atoms. The topological polar surface area (TPSA) is 8.17 Å². The smallest absolute Gasteiger partial charge is 0.0561 e. The van der Waals surface area contributed by atoms with E-state index in [9.17, 15) is 0 Å². The number of hydrogen-bond acceptors (Lipinski definition) is 2. The van der Waals surface area contributed by atoms with Crippen molar-refractivity contribution < 1.29 is 0 Å². The molecule has 11 aromatic rings. The minimum Gasteiger partial charge on any atom is -0.310 e. The molecule has 2 nitrogen and oxygen atoms in total. The number of hydrogen-bond donors (Lipinski definition) is 0. The zero-order chi connectivity index (χ0) is 33.5. The van der Waals surface area contributed by atoms with Gasteiger partial charge in [-0.15, -0.1) is 11.3 Å². The Morgan fingerprint density at radius 3 is 1.86 bits per heavy atom. The Balaban J connectivity index is 1.23. The van der Waals surface area contributed by atoms with E-state index in [1.807, 2.05) is 11.3 Å². The van der Waals surface area contributed by atoms with Crippen molar-refractivity contribution in [2.45, 2.75) is 0 Å². The van der Waals surface area contributed by atoms with Crippen molar-refractivity contribution in [3.8, 4) is 5.69 Å². The monoisotopic (exact) mass is 666 g/mol. The maximum absolute atomic E-state index is 2.48. The van der Waals surface area contributed by atoms with E-state index in [-0.39, 0.29) is 0 Å². The molecule has 0 aliphatic heterocycles. The van der Waals surface area contributed by atoms with Crippen molar-refractivity contribution in [1.29, 1.82) is 0 Å². The maximum Gasteiger partial charge on any atom is 0.0561 e. The molecule has 0 aliphatic rings. The largest absolute Gasteiger partial charge is 0.310 e. The van der Waals surface area contributed by atoms with Gasteiger partial charge in [0.25, 0.3) is 0 Å². The molecule has 0 amide bonds. The number of anilines is 3. The van der Waals surface area contributed by atoms with E-state index in [1.165, 1.54) is 80.0 Å². The quantitative estimate of drug-likeness (QED) is 0.170. The van der Waals surface area contributed by atoms with E-state index < -0.39 is 0 Å². The summed E-state index contributed by atoms with van der Waals surface area (Å²) in [5, 5.41) is 12.7. The minimum absolute atomic E-state index is 1.12. The van der Waals surface area contributed by atoms with Crippen LogP contribution in [0.3, 0.4) is 0 Å². The van der Waals surface area contributed by atoms with E-state index >= 15 is 0 Å². The lowest BCUT2D eigenvalue weighted by molar-refractivity contribution is 1.18. The molecular formula is C48H30N2S. The minimum atomic E-state index is 1.12. The summed E-state index contributed by atoms with van der Waals surface area (Å²) in [4.78, 5) is 2.48. The molecule has 11 rings (SSSR count). The summed E-state index contributed by atoms with van der Waals surface area (Å²) in [6.07, 6.45) is 0. The van der Waals surface area contributed by atoms with Gasteiger partial charge in [-0.1, -0.05) is 121 Å². The van der Waals surface area contributed by atoms with Gasteiger partial charge in [-0.25, -0.2) is 0 Å². The average Bonchev–Trinajstić information content (AvgIpc) is 3.74. The van der Waals surface area contributed by atoms with Crippen molar-refractivity contribution in [2.24, 2.45) is 0 Å². The highest BCUT2D eigenvalue weighted by Gasteiger charge is 2.21. The van der Waals surface area contributed by atoms with Crippen molar-refractivity contribution in [2.75, 3.05) is 4.90 Å². The van der Waals surface area contributed by atoms with Gasteiger partial charge < -0.3 is 9.47 Å². The fourth-order valence-electron chi connectivity index (χ4n) is 8.27. The third-order valence-corrected chi connectivity index (χ3v) is 11.7. The van der Waals surface area contributed by atoms with Crippen LogP contribution in [0.25, 0.3) is 80.0 Å². The lowest BCUT2D eigenvalue weighted by Crippen LogP contribution is -2.10. The second kappa shape index (κ2) is 11.0. The van der Waals surface area contributed by atoms with Gasteiger partial charge in [0.1, 0.15) is 0 Å². The van der Waals surface area contributed by atoms with E-state index in [4.69, 9.17) is 0 Å². The van der Waals surface area contributed by atoms with Crippen LogP contribution in [0, 0.1) is 0 Å². The van der Waals surface area contributed by atoms with E-state index in [1.54, 1.807) is 0 Å². The number of nitrogens with zero attached hydrogens (tertiary/aromatic N) is 2. The van der Waals surface area contributed by atoms with Crippen molar-refractivity contribution in [1.82, 2.24) is 4.57 Å². The van der Waals surface area contributed by atoms with Crippen molar-refractivity contribution in [3.05, 3.63) is 182 Å². The molecule has 0 atom stereocenters. The summed E-state index contributed by atoms with van der Waals surface area (Å²) >= 11 is 1.86. The third-order valence-electron chi connectivity index (χ3n) is 10.5. The summed E-state index contributed by atoms with van der Waals surface area (Å²) < 4.78 is 5.00. The van der Waals surface area contributed by atoms with Crippen LogP contribution in [-0.4, -0.2) is 4.57 Å². The van der Waals surface area contributed by atoms with Crippen molar-refractivity contribution in [3.63, 3.8) is 0 Å². The molecule has 0 saturated carbocycles. The molecule has 2 heterocycles. The Morgan fingerprint density at radius 2 is 0.980 bits per heavy atom. The third kappa shape index (κ3) is 4.29. The highest BCUT2D eigenvalue weighted by molar-refractivity contribution is 7.26. The van der Waals surface area contributed by atoms with Gasteiger partial charge in [-0.05, 0) is 93.0 Å². The number of para-hydroxylation sites is 2. The number of aromatic nitrogens is 1. The molecule has 2 aromatic heterocycles. The molecule has 0 radical (unpaired) electrons. The Labute approximate surface area is 298 Å². The van der Waals surface area contributed by atoms with Gasteiger partial charge in [0, 0.05) is 48.0 Å². The van der Waals surface area contributed by atoms with Crippen LogP contribution in [0.5, 0.6) is 0 Å². The maximum atomic E-state index is 2.48. The van der Waals surface area contributed by atoms with Gasteiger partial charge in [0.15, 0.2) is 0 Å². The molecule has 0 unspecified atom stereocenters. The molecule has 0 fully saturated rings. The van der Waals surface area contributed by atoms with Crippen LogP contribution in [0.15, 0.2) is 182 Å². The lowest BCUT2D eigenvalue weighted by Gasteiger charge is -2.27. The second-order valence-corrected chi connectivity index (χ2v) is 14.4. The first-order chi connectivity index (χ1) is 25.3. The average molecular weight is 667 g/mol. The van der Waals surface area contributed by atoms with Crippen LogP contribution < -0.4 is 4.90 Å². The number of fused-ring (bicyclic) bond motifs is 11. The summed E-state index contributed by atoms with van der Waals surface area (Å²) in [7, 11) is 0. The summed E-state index contributed by atoms with van der Waals surface area (Å²) in [6.45, 7) is 0. The second-order valence-electron chi connectivity index (χ2n) is 13.3. The van der Waals surface area contributed by atoms with E-state index in [0.29, 0.717) is 0 Å². The Kier molecular flexibility index (Phi) is 6.16. The Hall–Kier alpha value is -6.42. The molecule has 0 N–H and O–H groups in total. The number of rotatable bonds is 4. The molecule has 3 heteroatoms. The first-order valence-corrected chi connectivity index (χ1v) is 18.3. The van der Waals surface area contributed by atoms with Crippen LogP contribution >= 0.6 is 11.3 Å². The van der Waals surface area contributed by atoms with Crippen molar-refractivity contribution >= 4 is 103 Å². The molecular weight excluding hydrogens is 637 g/mol. The molecule has 238 valence electrons. The fraction of sp³-hybridized carbons (Fsp3) is 0. The van der Waals surface area contributed by atoms with Gasteiger partial charge in [-0.2, -0.15) is 0 Å². The summed E-state index contributed by atoms with van der Waals surface area (Å²) in [5.74, 6) is 0. The molecule has 51 heavy (non-hydrogen) atoms. The number of thiophene rings is 1. The molecule has 0 saturated heterocycles. The van der Waals surface area contributed by atoms with Crippen LogP contribution in [0.4, 0.5) is 17.1 Å². The first-order valence-electron chi connectivity index (χ1n) is 17.4. The predicted octanol–water partition coefficient (Wildman–Crippen LogP) is 14.1. The van der Waals surface area contributed by atoms with E-state index in [0.717, 1.165) is 17.1 Å². The molecule has 0 bridgehead atoms. The highest BCUT2D eigenvalue weighted by Crippen LogP contribution is 2.47. The lowest BCUT2D eigenvalue weighted by atomic mass is 9.96. The highest BCUT2D eigenvalue weighted by atomic mass is 32.1. The van der Waals surface area contributed by atoms with Gasteiger partial charge in [-0.3, -0.25) is 0 Å². The van der Waals surface area contributed by atoms with Gasteiger partial charge in [0.05, 0.1) is 16.7 Å². The SMILES string of the molecule is c1ccc(-n2c3ccccc3c3ccc(N(c4ccc5ccc6c7ccccc7ccc6c5c4)c4cccc5sc6ccccc6c45)cc32)cc1. The fourth-order valence-corrected chi connectivity index (χ4v) is 9.39. The first kappa shape index (κ1) is 28.4. The standard InChI is InChI=1S/C48H30N2S/c1-2-12-33(13-3-1)50-43-17-8-6-15-39(43)40-28-25-35(30-45(40)50)49(44-18-10-20-47-48(44)41-16-7-9-19-46(41)51-47)34-24-21-32-23-26-37-36-14-5-4-11-31(36)22-27-38(37)42(32)29-34/h1-30H. The number of benzene rings is 9. The summed E-state index contributed by atoms with van der Waals surface area (Å²) in [6, 6.07) is 66.9. The molecule has 0 aliphatic carbocycles. The summed E-state index contributed by atoms with van der Waals surface area (Å²) in [5.41, 5.74) is 6.98. The van der Waals surface area contributed by atoms with Crippen LogP contribution in [0.2, 0.25) is 0 Å². The zero-order valence-electron chi connectivity index (χ0n) is 27.6. The Bertz CT molecular complexity index is 3150. The Morgan fingerprint density at radius 1 is 0.373 bits per heavy atom. The molecule has 9 aromatic carbocycles. The normalized spacial score (nSPS) is 11.9. The van der Waals surface area contributed by atoms with Gasteiger partial charge >= 0.3 is 0 Å². The van der Waals surface area contributed by atoms with Crippen LogP contribution in [0.1, 0.15) is 0 Å².